The quantitative estimate of drug-likeness (QED) is 0.0320. The third kappa shape index (κ3) is 71.2. The first-order chi connectivity index (χ1) is 42.5. The van der Waals surface area contributed by atoms with Crippen LogP contribution in [-0.4, -0.2) is 47.4 Å². The number of amides is 1. The van der Waals surface area contributed by atoms with Crippen molar-refractivity contribution in [3.63, 3.8) is 0 Å². The Hall–Kier alpha value is -1.92. The summed E-state index contributed by atoms with van der Waals surface area (Å²) in [5.74, 6) is -0.0467. The fourth-order valence-corrected chi connectivity index (χ4v) is 12.4. The monoisotopic (exact) mass is 1210 g/mol. The van der Waals surface area contributed by atoms with Crippen molar-refractivity contribution in [2.24, 2.45) is 0 Å². The molecule has 0 radical (unpaired) electrons. The van der Waals surface area contributed by atoms with Gasteiger partial charge in [0, 0.05) is 12.8 Å². The van der Waals surface area contributed by atoms with Crippen LogP contribution in [0.2, 0.25) is 0 Å². The highest BCUT2D eigenvalue weighted by Crippen LogP contribution is 2.19. The second-order valence-electron chi connectivity index (χ2n) is 27.0. The molecule has 0 aliphatic rings. The van der Waals surface area contributed by atoms with Crippen molar-refractivity contribution in [3.8, 4) is 0 Å². The van der Waals surface area contributed by atoms with Gasteiger partial charge in [-0.15, -0.1) is 0 Å². The zero-order valence-corrected chi connectivity index (χ0v) is 58.3. The molecule has 0 rings (SSSR count). The van der Waals surface area contributed by atoms with Gasteiger partial charge in [-0.05, 0) is 83.5 Å². The summed E-state index contributed by atoms with van der Waals surface area (Å²) in [6.07, 6.45) is 98.5. The summed E-state index contributed by atoms with van der Waals surface area (Å²) in [7, 11) is 0. The summed E-state index contributed by atoms with van der Waals surface area (Å²) in [6, 6.07) is -0.625. The van der Waals surface area contributed by atoms with Crippen molar-refractivity contribution >= 4 is 11.9 Å². The van der Waals surface area contributed by atoms with Crippen molar-refractivity contribution in [1.29, 1.82) is 0 Å². The molecule has 6 nitrogen and oxygen atoms in total. The Morgan fingerprint density at radius 3 is 0.837 bits per heavy atom. The third-order valence-electron chi connectivity index (χ3n) is 18.4. The predicted molar refractivity (Wildman–Crippen MR) is 379 cm³/mol. The van der Waals surface area contributed by atoms with Gasteiger partial charge in [0.1, 0.15) is 0 Å². The molecule has 0 aromatic rings. The fourth-order valence-electron chi connectivity index (χ4n) is 12.4. The first kappa shape index (κ1) is 84.1. The Bertz CT molecular complexity index is 1390. The molecule has 2 atom stereocenters. The van der Waals surface area contributed by atoms with E-state index in [1.807, 2.05) is 6.08 Å². The molecule has 3 N–H and O–H groups in total. The summed E-state index contributed by atoms with van der Waals surface area (Å²) in [6.45, 7) is 4.93. The topological polar surface area (TPSA) is 95.9 Å². The van der Waals surface area contributed by atoms with E-state index >= 15 is 0 Å². The Labute approximate surface area is 538 Å². The van der Waals surface area contributed by atoms with Gasteiger partial charge in [0.25, 0.3) is 0 Å². The molecule has 0 fully saturated rings. The van der Waals surface area contributed by atoms with E-state index in [0.29, 0.717) is 19.4 Å². The van der Waals surface area contributed by atoms with Gasteiger partial charge in [0.05, 0.1) is 25.4 Å². The number of unbranched alkanes of at least 4 members (excludes halogenated alkanes) is 59. The van der Waals surface area contributed by atoms with Gasteiger partial charge in [0.2, 0.25) is 5.91 Å². The molecule has 0 aliphatic carbocycles. The molecule has 0 aromatic carbocycles. The number of esters is 1. The van der Waals surface area contributed by atoms with Gasteiger partial charge < -0.3 is 20.3 Å². The number of allylic oxidation sites excluding steroid dienone is 5. The lowest BCUT2D eigenvalue weighted by atomic mass is 10.0. The van der Waals surface area contributed by atoms with Crippen molar-refractivity contribution in [2.45, 2.75) is 450 Å². The number of rotatable bonds is 74. The number of aliphatic hydroxyl groups is 2. The second kappa shape index (κ2) is 75.5. The van der Waals surface area contributed by atoms with E-state index in [0.717, 1.165) is 44.9 Å². The Morgan fingerprint density at radius 1 is 0.314 bits per heavy atom. The highest BCUT2D eigenvalue weighted by molar-refractivity contribution is 5.76. The number of hydrogen-bond acceptors (Lipinski definition) is 5. The number of ether oxygens (including phenoxy) is 1. The van der Waals surface area contributed by atoms with Crippen molar-refractivity contribution < 1.29 is 24.5 Å². The first-order valence-corrected chi connectivity index (χ1v) is 39.3. The lowest BCUT2D eigenvalue weighted by Gasteiger charge is -2.20. The molecule has 0 spiro atoms. The van der Waals surface area contributed by atoms with E-state index in [2.05, 4.69) is 43.5 Å². The van der Waals surface area contributed by atoms with Crippen LogP contribution in [0, 0.1) is 0 Å². The molecule has 0 bridgehead atoms. The number of nitrogens with one attached hydrogen (secondary N) is 1. The summed E-state index contributed by atoms with van der Waals surface area (Å²) in [4.78, 5) is 24.6. The minimum Gasteiger partial charge on any atom is -0.466 e. The molecule has 86 heavy (non-hydrogen) atoms. The van der Waals surface area contributed by atoms with E-state index in [-0.39, 0.29) is 18.5 Å². The van der Waals surface area contributed by atoms with Crippen LogP contribution in [0.5, 0.6) is 0 Å². The standard InChI is InChI=1S/C80H153NO5/c1-3-5-7-9-11-13-15-17-18-42-45-49-52-56-60-64-68-72-78(83)77(76-82)81-79(84)73-69-65-61-57-53-50-46-43-40-38-36-34-32-30-28-26-24-22-20-19-21-23-25-27-29-31-33-35-37-39-41-44-47-51-55-59-63-67-71-75-86-80(85)74-70-66-62-58-54-48-16-14-12-10-8-6-4-2/h14,16,19-20,68,72,77-78,82-83H,3-13,15,17-18,21-67,69-71,73-76H2,1-2H3,(H,81,84)/b16-14-,20-19-,72-68+. The number of hydrogen-bond donors (Lipinski definition) is 3. The van der Waals surface area contributed by atoms with Crippen LogP contribution in [0.15, 0.2) is 36.5 Å². The van der Waals surface area contributed by atoms with Gasteiger partial charge in [-0.3, -0.25) is 9.59 Å². The highest BCUT2D eigenvalue weighted by Gasteiger charge is 2.18. The zero-order valence-electron chi connectivity index (χ0n) is 58.3. The number of carbonyl (C=O) groups excluding carboxylic acids is 2. The van der Waals surface area contributed by atoms with E-state index < -0.39 is 12.1 Å². The Kier molecular flexibility index (Phi) is 73.9. The van der Waals surface area contributed by atoms with Crippen LogP contribution in [0.4, 0.5) is 0 Å². The van der Waals surface area contributed by atoms with Gasteiger partial charge in [-0.25, -0.2) is 0 Å². The van der Waals surface area contributed by atoms with Crippen LogP contribution in [-0.2, 0) is 14.3 Å². The molecule has 0 heterocycles. The molecule has 0 aliphatic heterocycles. The van der Waals surface area contributed by atoms with Crippen molar-refractivity contribution in [3.05, 3.63) is 36.5 Å². The summed E-state index contributed by atoms with van der Waals surface area (Å²) in [5.41, 5.74) is 0. The van der Waals surface area contributed by atoms with E-state index in [1.165, 1.54) is 366 Å². The molecule has 2 unspecified atom stereocenters. The Morgan fingerprint density at radius 2 is 0.547 bits per heavy atom. The summed E-state index contributed by atoms with van der Waals surface area (Å²) < 4.78 is 5.49. The van der Waals surface area contributed by atoms with Gasteiger partial charge in [-0.1, -0.05) is 378 Å². The minimum atomic E-state index is -0.842. The minimum absolute atomic E-state index is 0.0135. The first-order valence-electron chi connectivity index (χ1n) is 39.3. The molecule has 0 saturated carbocycles. The van der Waals surface area contributed by atoms with Gasteiger partial charge in [-0.2, -0.15) is 0 Å². The lowest BCUT2D eigenvalue weighted by Crippen LogP contribution is -2.45. The van der Waals surface area contributed by atoms with E-state index in [4.69, 9.17) is 4.74 Å². The largest absolute Gasteiger partial charge is 0.466 e. The van der Waals surface area contributed by atoms with Crippen LogP contribution < -0.4 is 5.32 Å². The fraction of sp³-hybridized carbons (Fsp3) is 0.900. The maximum atomic E-state index is 12.5. The zero-order chi connectivity index (χ0) is 62.0. The van der Waals surface area contributed by atoms with Crippen molar-refractivity contribution in [1.82, 2.24) is 5.32 Å². The average molecular weight is 1210 g/mol. The summed E-state index contributed by atoms with van der Waals surface area (Å²) in [5, 5.41) is 23.2. The molecular weight excluding hydrogens is 1050 g/mol. The van der Waals surface area contributed by atoms with Crippen LogP contribution >= 0.6 is 0 Å². The molecule has 6 heteroatoms. The predicted octanol–water partition coefficient (Wildman–Crippen LogP) is 25.8. The lowest BCUT2D eigenvalue weighted by molar-refractivity contribution is -0.143. The van der Waals surface area contributed by atoms with Gasteiger partial charge in [0.15, 0.2) is 0 Å². The highest BCUT2D eigenvalue weighted by atomic mass is 16.5. The third-order valence-corrected chi connectivity index (χ3v) is 18.4. The molecule has 508 valence electrons. The van der Waals surface area contributed by atoms with Crippen molar-refractivity contribution in [2.75, 3.05) is 13.2 Å². The SMILES string of the molecule is CCCCCC/C=C\CCCCCCCC(=O)OCCCCCCCCCCCCCCCCCCCC/C=C\CCCCCCCCCCCCCCCCCCCC(=O)NC(CO)C(O)/C=C/CCCCCCCCCCCCCCCCC. The van der Waals surface area contributed by atoms with Crippen LogP contribution in [0.3, 0.4) is 0 Å². The average Bonchev–Trinajstić information content (AvgIpc) is 3.59. The number of aliphatic hydroxyl groups excluding tert-OH is 2. The molecular formula is C80H153NO5. The molecule has 0 saturated heterocycles. The van der Waals surface area contributed by atoms with E-state index in [9.17, 15) is 19.8 Å². The Balaban J connectivity index is 3.34. The summed E-state index contributed by atoms with van der Waals surface area (Å²) >= 11 is 0. The normalized spacial score (nSPS) is 12.7. The molecule has 0 aromatic heterocycles. The maximum Gasteiger partial charge on any atom is 0.305 e. The smallest absolute Gasteiger partial charge is 0.305 e. The van der Waals surface area contributed by atoms with Gasteiger partial charge >= 0.3 is 5.97 Å². The van der Waals surface area contributed by atoms with Crippen LogP contribution in [0.1, 0.15) is 438 Å². The van der Waals surface area contributed by atoms with Crippen LogP contribution in [0.25, 0.3) is 0 Å². The molecule has 1 amide bonds. The van der Waals surface area contributed by atoms with E-state index in [1.54, 1.807) is 6.08 Å². The number of carbonyl (C=O) groups is 2. The maximum absolute atomic E-state index is 12.5. The second-order valence-corrected chi connectivity index (χ2v) is 27.0.